The van der Waals surface area contributed by atoms with Crippen LogP contribution >= 0.6 is 11.8 Å². The quantitative estimate of drug-likeness (QED) is 0.492. The number of rotatable bonds is 1. The molecular weight excluding hydrogens is 248 g/mol. The Bertz CT molecular complexity index is 371. The minimum atomic E-state index is -0.775. The molecule has 8 nitrogen and oxygen atoms in total. The lowest BCUT2D eigenvalue weighted by Crippen LogP contribution is -2.48. The second kappa shape index (κ2) is 6.09. The smallest absolute Gasteiger partial charge is 0.341 e. The Morgan fingerprint density at radius 2 is 2.12 bits per heavy atom. The summed E-state index contributed by atoms with van der Waals surface area (Å²) in [6.07, 6.45) is -0.775. The molecule has 1 aliphatic rings. The summed E-state index contributed by atoms with van der Waals surface area (Å²) in [5, 5.41) is 7.90. The lowest BCUT2D eigenvalue weighted by Gasteiger charge is -2.24. The number of carbonyl (C=O) groups excluding carboxylic acids is 3. The van der Waals surface area contributed by atoms with E-state index in [9.17, 15) is 14.4 Å². The van der Waals surface area contributed by atoms with E-state index < -0.39 is 18.0 Å². The van der Waals surface area contributed by atoms with Gasteiger partial charge in [0.05, 0.1) is 0 Å². The Kier molecular flexibility index (Phi) is 4.76. The molecule has 0 aromatic carbocycles. The van der Waals surface area contributed by atoms with Gasteiger partial charge in [0.15, 0.2) is 0 Å². The number of thioether (sulfide) groups is 1. The molecule has 4 amide bonds. The van der Waals surface area contributed by atoms with Crippen molar-refractivity contribution in [2.75, 3.05) is 26.4 Å². The standard InChI is InChI=1S/C8H12N4O4S/c1-9-7(14)12-3-4-17-5(6(12)13)11-16-8(15)10-2/h3-4H2,1-2H3,(H,9,14)(H,10,15). The lowest BCUT2D eigenvalue weighted by atomic mass is 10.5. The zero-order valence-electron chi connectivity index (χ0n) is 9.35. The maximum absolute atomic E-state index is 11.7. The molecule has 1 aliphatic heterocycles. The first-order valence-electron chi connectivity index (χ1n) is 4.73. The number of imide groups is 1. The highest BCUT2D eigenvalue weighted by molar-refractivity contribution is 8.15. The number of carbonyl (C=O) groups is 3. The molecule has 0 unspecified atom stereocenters. The molecule has 2 N–H and O–H groups in total. The second-order valence-corrected chi connectivity index (χ2v) is 3.97. The molecule has 1 heterocycles. The van der Waals surface area contributed by atoms with Crippen molar-refractivity contribution >= 4 is 34.8 Å². The number of nitrogens with one attached hydrogen (secondary N) is 2. The van der Waals surface area contributed by atoms with Gasteiger partial charge < -0.3 is 10.6 Å². The fraction of sp³-hybridized carbons (Fsp3) is 0.500. The summed E-state index contributed by atoms with van der Waals surface area (Å²) >= 11 is 1.13. The zero-order valence-corrected chi connectivity index (χ0v) is 10.2. The van der Waals surface area contributed by atoms with E-state index in [0.717, 1.165) is 16.7 Å². The molecule has 1 saturated heterocycles. The Morgan fingerprint density at radius 1 is 1.41 bits per heavy atom. The van der Waals surface area contributed by atoms with Gasteiger partial charge in [0.1, 0.15) is 0 Å². The van der Waals surface area contributed by atoms with E-state index in [4.69, 9.17) is 0 Å². The van der Waals surface area contributed by atoms with Gasteiger partial charge in [0.25, 0.3) is 5.91 Å². The van der Waals surface area contributed by atoms with E-state index in [1.165, 1.54) is 14.1 Å². The van der Waals surface area contributed by atoms with Crippen molar-refractivity contribution in [2.24, 2.45) is 5.16 Å². The van der Waals surface area contributed by atoms with Crippen LogP contribution in [0.15, 0.2) is 5.16 Å². The number of hydrogen-bond acceptors (Lipinski definition) is 6. The normalized spacial score (nSPS) is 17.9. The lowest BCUT2D eigenvalue weighted by molar-refractivity contribution is -0.121. The van der Waals surface area contributed by atoms with Crippen LogP contribution in [0, 0.1) is 0 Å². The molecule has 0 aromatic heterocycles. The van der Waals surface area contributed by atoms with Crippen molar-refractivity contribution < 1.29 is 19.2 Å². The maximum atomic E-state index is 11.7. The van der Waals surface area contributed by atoms with E-state index in [2.05, 4.69) is 20.6 Å². The number of hydrogen-bond donors (Lipinski definition) is 2. The molecule has 0 aromatic rings. The van der Waals surface area contributed by atoms with E-state index in [0.29, 0.717) is 12.3 Å². The van der Waals surface area contributed by atoms with Gasteiger partial charge in [-0.3, -0.25) is 14.5 Å². The Hall–Kier alpha value is -1.77. The van der Waals surface area contributed by atoms with Crippen LogP contribution in [-0.2, 0) is 9.63 Å². The first-order valence-corrected chi connectivity index (χ1v) is 5.71. The summed E-state index contributed by atoms with van der Waals surface area (Å²) < 4.78 is 0. The molecule has 0 saturated carbocycles. The Balaban J connectivity index is 2.71. The monoisotopic (exact) mass is 260 g/mol. The predicted octanol–water partition coefficient (Wildman–Crippen LogP) is -0.429. The summed E-state index contributed by atoms with van der Waals surface area (Å²) in [6, 6.07) is -0.511. The molecule has 17 heavy (non-hydrogen) atoms. The summed E-state index contributed by atoms with van der Waals surface area (Å²) in [7, 11) is 2.80. The van der Waals surface area contributed by atoms with Gasteiger partial charge >= 0.3 is 12.1 Å². The highest BCUT2D eigenvalue weighted by Gasteiger charge is 2.30. The van der Waals surface area contributed by atoms with Crippen LogP contribution in [0.3, 0.4) is 0 Å². The van der Waals surface area contributed by atoms with Crippen LogP contribution in [0.1, 0.15) is 0 Å². The van der Waals surface area contributed by atoms with Crippen LogP contribution < -0.4 is 10.6 Å². The van der Waals surface area contributed by atoms with Gasteiger partial charge in [-0.15, -0.1) is 0 Å². The third-order valence-electron chi connectivity index (χ3n) is 1.86. The van der Waals surface area contributed by atoms with Crippen molar-refractivity contribution in [3.63, 3.8) is 0 Å². The summed E-state index contributed by atoms with van der Waals surface area (Å²) in [5.41, 5.74) is 0. The van der Waals surface area contributed by atoms with Gasteiger partial charge in [-0.2, -0.15) is 0 Å². The average Bonchev–Trinajstić information content (AvgIpc) is 2.36. The highest BCUT2D eigenvalue weighted by Crippen LogP contribution is 2.15. The molecule has 1 rings (SSSR count). The topological polar surface area (TPSA) is 100 Å². The first kappa shape index (κ1) is 13.3. The summed E-state index contributed by atoms with van der Waals surface area (Å²) in [5.74, 6) is -0.0701. The maximum Gasteiger partial charge on any atom is 0.433 e. The number of amides is 4. The Morgan fingerprint density at radius 3 is 2.71 bits per heavy atom. The van der Waals surface area contributed by atoms with E-state index in [-0.39, 0.29) is 5.04 Å². The largest absolute Gasteiger partial charge is 0.433 e. The van der Waals surface area contributed by atoms with Crippen molar-refractivity contribution in [2.45, 2.75) is 0 Å². The molecule has 0 atom stereocenters. The fourth-order valence-corrected chi connectivity index (χ4v) is 1.83. The van der Waals surface area contributed by atoms with Gasteiger partial charge in [-0.1, -0.05) is 16.9 Å². The molecule has 0 radical (unpaired) electrons. The third-order valence-corrected chi connectivity index (χ3v) is 2.77. The van der Waals surface area contributed by atoms with E-state index in [1.54, 1.807) is 0 Å². The van der Waals surface area contributed by atoms with Gasteiger partial charge in [0, 0.05) is 26.4 Å². The van der Waals surface area contributed by atoms with E-state index >= 15 is 0 Å². The van der Waals surface area contributed by atoms with Crippen molar-refractivity contribution in [3.05, 3.63) is 0 Å². The zero-order chi connectivity index (χ0) is 12.8. The minimum Gasteiger partial charge on any atom is -0.341 e. The number of nitrogens with zero attached hydrogens (tertiary/aromatic N) is 2. The predicted molar refractivity (Wildman–Crippen MR) is 61.6 cm³/mol. The van der Waals surface area contributed by atoms with Crippen LogP contribution in [0.5, 0.6) is 0 Å². The van der Waals surface area contributed by atoms with Gasteiger partial charge in [0.2, 0.25) is 5.04 Å². The summed E-state index contributed by atoms with van der Waals surface area (Å²) in [4.78, 5) is 39.2. The Labute approximate surface area is 102 Å². The fourth-order valence-electron chi connectivity index (χ4n) is 1.04. The first-order chi connectivity index (χ1) is 8.10. The van der Waals surface area contributed by atoms with Crippen molar-refractivity contribution in [1.82, 2.24) is 15.5 Å². The van der Waals surface area contributed by atoms with Crippen LogP contribution in [0.4, 0.5) is 9.59 Å². The molecule has 1 fully saturated rings. The van der Waals surface area contributed by atoms with Crippen LogP contribution in [-0.4, -0.2) is 54.4 Å². The molecule has 0 aliphatic carbocycles. The molecule has 9 heteroatoms. The van der Waals surface area contributed by atoms with Gasteiger partial charge in [-0.25, -0.2) is 9.59 Å². The van der Waals surface area contributed by atoms with Crippen molar-refractivity contribution in [1.29, 1.82) is 0 Å². The van der Waals surface area contributed by atoms with Gasteiger partial charge in [-0.05, 0) is 0 Å². The van der Waals surface area contributed by atoms with E-state index in [1.807, 2.05) is 0 Å². The molecule has 0 bridgehead atoms. The average molecular weight is 260 g/mol. The second-order valence-electron chi connectivity index (χ2n) is 2.89. The number of urea groups is 1. The van der Waals surface area contributed by atoms with Crippen LogP contribution in [0.2, 0.25) is 0 Å². The summed E-state index contributed by atoms with van der Waals surface area (Å²) in [6.45, 7) is 0.294. The third kappa shape index (κ3) is 3.34. The molecular formula is C8H12N4O4S. The highest BCUT2D eigenvalue weighted by atomic mass is 32.2. The molecule has 0 spiro atoms. The van der Waals surface area contributed by atoms with Crippen LogP contribution in [0.25, 0.3) is 0 Å². The van der Waals surface area contributed by atoms with Crippen molar-refractivity contribution in [3.8, 4) is 0 Å². The SMILES string of the molecule is CNC(=O)ON=C1SCCN(C(=O)NC)C1=O. The molecule has 94 valence electrons. The minimum absolute atomic E-state index is 0.0246. The number of oxime groups is 1.